The van der Waals surface area contributed by atoms with Gasteiger partial charge in [0.1, 0.15) is 17.4 Å². The van der Waals surface area contributed by atoms with E-state index in [0.717, 1.165) is 22.6 Å². The number of methoxy groups -OCH3 is 1. The van der Waals surface area contributed by atoms with Crippen molar-refractivity contribution in [3.8, 4) is 5.75 Å². The molecule has 0 aliphatic rings. The number of amides is 1. The number of carbonyl (C=O) groups excluding carboxylic acids is 2. The molecule has 0 aliphatic heterocycles. The minimum atomic E-state index is -0.459. The predicted octanol–water partition coefficient (Wildman–Crippen LogP) is 4.64. The Balaban J connectivity index is 1.61. The number of nitrogens with one attached hydrogen (secondary N) is 1. The Hall–Kier alpha value is -2.85. The molecule has 1 N–H and O–H groups in total. The summed E-state index contributed by atoms with van der Waals surface area (Å²) in [6.07, 6.45) is 0.980. The molecule has 0 saturated heterocycles. The Kier molecular flexibility index (Phi) is 8.51. The lowest BCUT2D eigenvalue weighted by Gasteiger charge is -2.09. The van der Waals surface area contributed by atoms with E-state index in [4.69, 9.17) is 9.47 Å². The zero-order valence-corrected chi connectivity index (χ0v) is 21.1. The zero-order valence-electron chi connectivity index (χ0n) is 19.4. The highest BCUT2D eigenvalue weighted by Crippen LogP contribution is 2.33. The second-order valence-corrected chi connectivity index (χ2v) is 9.41. The van der Waals surface area contributed by atoms with Crippen molar-refractivity contribution in [1.82, 2.24) is 14.8 Å². The van der Waals surface area contributed by atoms with Gasteiger partial charge >= 0.3 is 5.97 Å². The van der Waals surface area contributed by atoms with E-state index in [1.165, 1.54) is 35.8 Å². The number of ether oxygens (including phenoxy) is 2. The van der Waals surface area contributed by atoms with Gasteiger partial charge in [-0.15, -0.1) is 21.5 Å². The van der Waals surface area contributed by atoms with Crippen LogP contribution < -0.4 is 10.1 Å². The smallest absolute Gasteiger partial charge is 0.341 e. The van der Waals surface area contributed by atoms with Crippen LogP contribution in [0.15, 0.2) is 29.4 Å². The Morgan fingerprint density at radius 2 is 1.88 bits per heavy atom. The van der Waals surface area contributed by atoms with Crippen LogP contribution in [0.25, 0.3) is 0 Å². The number of esters is 1. The van der Waals surface area contributed by atoms with E-state index in [0.29, 0.717) is 28.1 Å². The monoisotopic (exact) mass is 488 g/mol. The molecule has 3 aromatic rings. The van der Waals surface area contributed by atoms with Gasteiger partial charge in [0, 0.05) is 11.4 Å². The summed E-state index contributed by atoms with van der Waals surface area (Å²) >= 11 is 2.65. The van der Waals surface area contributed by atoms with Gasteiger partial charge in [0.05, 0.1) is 18.4 Å². The van der Waals surface area contributed by atoms with Crippen LogP contribution in [0.4, 0.5) is 5.00 Å². The first kappa shape index (κ1) is 24.8. The normalized spacial score (nSPS) is 10.8. The van der Waals surface area contributed by atoms with Crippen molar-refractivity contribution >= 4 is 40.0 Å². The minimum Gasteiger partial charge on any atom is -0.486 e. The molecular formula is C23H28N4O4S2. The summed E-state index contributed by atoms with van der Waals surface area (Å²) in [5, 5.41) is 12.4. The molecule has 0 aliphatic carbocycles. The number of hydrogen-bond acceptors (Lipinski definition) is 8. The third-order valence-corrected chi connectivity index (χ3v) is 7.26. The number of nitrogens with zero attached hydrogens (tertiary/aromatic N) is 3. The Morgan fingerprint density at radius 1 is 1.15 bits per heavy atom. The first-order valence-electron chi connectivity index (χ1n) is 10.6. The van der Waals surface area contributed by atoms with E-state index in [9.17, 15) is 9.59 Å². The highest BCUT2D eigenvalue weighted by molar-refractivity contribution is 7.99. The molecule has 0 bridgehead atoms. The average molecular weight is 489 g/mol. The van der Waals surface area contributed by atoms with Gasteiger partial charge in [-0.25, -0.2) is 4.79 Å². The maximum atomic E-state index is 12.6. The van der Waals surface area contributed by atoms with Gasteiger partial charge in [0.2, 0.25) is 5.91 Å². The van der Waals surface area contributed by atoms with Crippen molar-refractivity contribution in [2.24, 2.45) is 0 Å². The van der Waals surface area contributed by atoms with Gasteiger partial charge in [-0.2, -0.15) is 0 Å². The average Bonchev–Trinajstić information content (AvgIpc) is 3.35. The quantitative estimate of drug-likeness (QED) is 0.328. The van der Waals surface area contributed by atoms with Crippen LogP contribution in [0.5, 0.6) is 5.75 Å². The lowest BCUT2D eigenvalue weighted by Crippen LogP contribution is -2.16. The molecule has 3 rings (SSSR count). The molecule has 8 nitrogen and oxygen atoms in total. The lowest BCUT2D eigenvalue weighted by molar-refractivity contribution is -0.113. The molecular weight excluding hydrogens is 460 g/mol. The van der Waals surface area contributed by atoms with Crippen molar-refractivity contribution < 1.29 is 19.1 Å². The summed E-state index contributed by atoms with van der Waals surface area (Å²) in [4.78, 5) is 25.6. The van der Waals surface area contributed by atoms with Crippen LogP contribution in [0.1, 0.15) is 46.0 Å². The van der Waals surface area contributed by atoms with Crippen LogP contribution in [-0.2, 0) is 29.1 Å². The molecule has 0 saturated carbocycles. The van der Waals surface area contributed by atoms with Crippen LogP contribution >= 0.6 is 23.1 Å². The van der Waals surface area contributed by atoms with Crippen LogP contribution in [0.3, 0.4) is 0 Å². The second-order valence-electron chi connectivity index (χ2n) is 7.25. The first-order valence-corrected chi connectivity index (χ1v) is 12.4. The maximum absolute atomic E-state index is 12.6. The largest absolute Gasteiger partial charge is 0.486 e. The number of benzene rings is 1. The van der Waals surface area contributed by atoms with Crippen molar-refractivity contribution in [1.29, 1.82) is 0 Å². The summed E-state index contributed by atoms with van der Waals surface area (Å²) in [6, 6.07) is 7.98. The Labute approximate surface area is 201 Å². The fraction of sp³-hybridized carbons (Fsp3) is 0.391. The molecule has 0 spiro atoms. The van der Waals surface area contributed by atoms with Gasteiger partial charge in [0.15, 0.2) is 11.0 Å². The van der Waals surface area contributed by atoms with Gasteiger partial charge in [-0.3, -0.25) is 4.79 Å². The molecule has 1 aromatic carbocycles. The van der Waals surface area contributed by atoms with E-state index in [1.54, 1.807) is 0 Å². The van der Waals surface area contributed by atoms with E-state index in [-0.39, 0.29) is 18.3 Å². The van der Waals surface area contributed by atoms with E-state index >= 15 is 0 Å². The SMILES string of the molecule is CCc1ccc(OCc2nnc(SCC(=O)Nc3sc(C)c(C)c3C(=O)OC)n2CC)cc1. The highest BCUT2D eigenvalue weighted by atomic mass is 32.2. The fourth-order valence-electron chi connectivity index (χ4n) is 3.18. The molecule has 0 radical (unpaired) electrons. The molecule has 33 heavy (non-hydrogen) atoms. The summed E-state index contributed by atoms with van der Waals surface area (Å²) < 4.78 is 12.6. The summed E-state index contributed by atoms with van der Waals surface area (Å²) in [5.74, 6) is 0.908. The highest BCUT2D eigenvalue weighted by Gasteiger charge is 2.22. The third-order valence-electron chi connectivity index (χ3n) is 5.17. The van der Waals surface area contributed by atoms with Gasteiger partial charge in [0.25, 0.3) is 0 Å². The van der Waals surface area contributed by atoms with Crippen LogP contribution in [0.2, 0.25) is 0 Å². The number of thiophene rings is 1. The zero-order chi connectivity index (χ0) is 24.0. The number of thioether (sulfide) groups is 1. The molecule has 0 atom stereocenters. The third kappa shape index (κ3) is 5.94. The Morgan fingerprint density at radius 3 is 2.52 bits per heavy atom. The minimum absolute atomic E-state index is 0.133. The Bertz CT molecular complexity index is 1120. The standard InChI is InChI=1S/C23H28N4O4S2/c1-6-16-8-10-17(11-9-16)31-12-18-25-26-23(27(18)7-2)32-13-19(28)24-21-20(22(29)30-5)14(3)15(4)33-21/h8-11H,6-7,12-13H2,1-5H3,(H,24,28). The van der Waals surface area contributed by atoms with E-state index < -0.39 is 5.97 Å². The van der Waals surface area contributed by atoms with Crippen molar-refractivity contribution in [3.05, 3.63) is 51.7 Å². The summed E-state index contributed by atoms with van der Waals surface area (Å²) in [5.41, 5.74) is 2.47. The molecule has 2 heterocycles. The number of hydrogen-bond donors (Lipinski definition) is 1. The van der Waals surface area contributed by atoms with E-state index in [2.05, 4.69) is 22.4 Å². The number of carbonyl (C=O) groups is 2. The number of anilines is 1. The van der Waals surface area contributed by atoms with Crippen LogP contribution in [-0.4, -0.2) is 39.5 Å². The number of aryl methyl sites for hydroxylation is 2. The fourth-order valence-corrected chi connectivity index (χ4v) is 5.06. The molecule has 0 unspecified atom stereocenters. The molecule has 176 valence electrons. The maximum Gasteiger partial charge on any atom is 0.341 e. The predicted molar refractivity (Wildman–Crippen MR) is 130 cm³/mol. The molecule has 10 heteroatoms. The second kappa shape index (κ2) is 11.3. The molecule has 0 fully saturated rings. The van der Waals surface area contributed by atoms with E-state index in [1.807, 2.05) is 49.6 Å². The van der Waals surface area contributed by atoms with Gasteiger partial charge in [-0.1, -0.05) is 30.8 Å². The van der Waals surface area contributed by atoms with Gasteiger partial charge < -0.3 is 19.4 Å². The van der Waals surface area contributed by atoms with Crippen molar-refractivity contribution in [2.45, 2.75) is 52.4 Å². The van der Waals surface area contributed by atoms with Crippen LogP contribution in [0, 0.1) is 13.8 Å². The number of aromatic nitrogens is 3. The molecule has 1 amide bonds. The van der Waals surface area contributed by atoms with Gasteiger partial charge in [-0.05, 0) is 50.5 Å². The topological polar surface area (TPSA) is 95.3 Å². The van der Waals surface area contributed by atoms with Crippen molar-refractivity contribution in [2.75, 3.05) is 18.2 Å². The summed E-state index contributed by atoms with van der Waals surface area (Å²) in [7, 11) is 1.33. The number of rotatable bonds is 10. The summed E-state index contributed by atoms with van der Waals surface area (Å²) in [6.45, 7) is 8.79. The molecule has 2 aromatic heterocycles. The lowest BCUT2D eigenvalue weighted by atomic mass is 10.1. The van der Waals surface area contributed by atoms with Crippen molar-refractivity contribution in [3.63, 3.8) is 0 Å². The first-order chi connectivity index (χ1) is 15.9.